The Morgan fingerprint density at radius 3 is 1.46 bits per heavy atom. The maximum Gasteiger partial charge on any atom is 0.333 e. The second kappa shape index (κ2) is 33.4. The molecule has 0 aromatic carbocycles. The van der Waals surface area contributed by atoms with E-state index in [4.69, 9.17) is 18.9 Å². The standard InChI is InChI=1S/C46H90O6/c1-10-11-12-13-20-25-31-41(32-30-35-49-38-42(47)39-52-43(48)40(2)3)44(50-36-28-23-18-14-16-21-26-33-45(4,5)6)51-37-29-24-19-15-17-22-27-34-46(7,8)9/h41-42,44,47H,2,10-39H2,1,3-9H3. The molecule has 0 rings (SSSR count). The molecule has 6 nitrogen and oxygen atoms in total. The molecule has 0 aromatic heterocycles. The number of hydrogen-bond donors (Lipinski definition) is 1. The van der Waals surface area contributed by atoms with Crippen LogP contribution in [0.3, 0.4) is 0 Å². The molecule has 1 N–H and O–H groups in total. The second-order valence-corrected chi connectivity index (χ2v) is 18.2. The highest BCUT2D eigenvalue weighted by Gasteiger charge is 2.23. The second-order valence-electron chi connectivity index (χ2n) is 18.2. The van der Waals surface area contributed by atoms with Crippen LogP contribution >= 0.6 is 0 Å². The van der Waals surface area contributed by atoms with Gasteiger partial charge in [-0.2, -0.15) is 0 Å². The highest BCUT2D eigenvalue weighted by Crippen LogP contribution is 2.26. The largest absolute Gasteiger partial charge is 0.460 e. The molecule has 6 heteroatoms. The Morgan fingerprint density at radius 2 is 1.00 bits per heavy atom. The lowest BCUT2D eigenvalue weighted by molar-refractivity contribution is -0.177. The van der Waals surface area contributed by atoms with Crippen molar-refractivity contribution in [3.05, 3.63) is 12.2 Å². The van der Waals surface area contributed by atoms with E-state index in [-0.39, 0.29) is 19.5 Å². The molecule has 0 saturated heterocycles. The fourth-order valence-electron chi connectivity index (χ4n) is 6.62. The lowest BCUT2D eigenvalue weighted by Crippen LogP contribution is -2.29. The number of carbonyl (C=O) groups is 1. The van der Waals surface area contributed by atoms with Crippen molar-refractivity contribution in [1.29, 1.82) is 0 Å². The van der Waals surface area contributed by atoms with E-state index in [1.807, 2.05) is 0 Å². The normalized spacial score (nSPS) is 13.5. The summed E-state index contributed by atoms with van der Waals surface area (Å²) in [5.74, 6) is -0.150. The number of unbranched alkanes of at least 4 members (excludes halogenated alkanes) is 17. The van der Waals surface area contributed by atoms with Crippen molar-refractivity contribution < 1.29 is 28.8 Å². The van der Waals surface area contributed by atoms with Crippen LogP contribution in [0.2, 0.25) is 0 Å². The van der Waals surface area contributed by atoms with Gasteiger partial charge in [-0.15, -0.1) is 0 Å². The van der Waals surface area contributed by atoms with Gasteiger partial charge < -0.3 is 24.1 Å². The van der Waals surface area contributed by atoms with Crippen LogP contribution in [-0.4, -0.2) is 56.5 Å². The van der Waals surface area contributed by atoms with Gasteiger partial charge in [-0.05, 0) is 62.7 Å². The van der Waals surface area contributed by atoms with Crippen LogP contribution in [0.5, 0.6) is 0 Å². The van der Waals surface area contributed by atoms with Crippen molar-refractivity contribution in [3.8, 4) is 0 Å². The van der Waals surface area contributed by atoms with Gasteiger partial charge in [-0.25, -0.2) is 4.79 Å². The lowest BCUT2D eigenvalue weighted by atomic mass is 9.89. The molecule has 2 atom stereocenters. The first-order valence-electron chi connectivity index (χ1n) is 22.1. The zero-order valence-electron chi connectivity index (χ0n) is 36.1. The first-order valence-corrected chi connectivity index (χ1v) is 22.1. The Balaban J connectivity index is 4.94. The minimum atomic E-state index is -0.839. The molecule has 0 aromatic rings. The molecule has 0 radical (unpaired) electrons. The predicted molar refractivity (Wildman–Crippen MR) is 222 cm³/mol. The Labute approximate surface area is 324 Å². The van der Waals surface area contributed by atoms with Gasteiger partial charge in [-0.3, -0.25) is 0 Å². The number of aliphatic hydroxyl groups excluding tert-OH is 1. The topological polar surface area (TPSA) is 74.2 Å². The first-order chi connectivity index (χ1) is 24.7. The molecular weight excluding hydrogens is 649 g/mol. The van der Waals surface area contributed by atoms with Crippen molar-refractivity contribution in [1.82, 2.24) is 0 Å². The smallest absolute Gasteiger partial charge is 0.333 e. The summed E-state index contributed by atoms with van der Waals surface area (Å²) in [5, 5.41) is 10.2. The summed E-state index contributed by atoms with van der Waals surface area (Å²) in [6, 6.07) is 0. The van der Waals surface area contributed by atoms with Crippen LogP contribution in [0.15, 0.2) is 12.2 Å². The van der Waals surface area contributed by atoms with Gasteiger partial charge in [0.2, 0.25) is 0 Å². The van der Waals surface area contributed by atoms with E-state index in [1.165, 1.54) is 128 Å². The Hall–Kier alpha value is -0.950. The summed E-state index contributed by atoms with van der Waals surface area (Å²) in [4.78, 5) is 11.6. The average molecular weight is 739 g/mol. The maximum atomic E-state index is 11.6. The Morgan fingerprint density at radius 1 is 0.577 bits per heavy atom. The van der Waals surface area contributed by atoms with Gasteiger partial charge in [0.05, 0.1) is 6.61 Å². The van der Waals surface area contributed by atoms with E-state index in [2.05, 4.69) is 55.0 Å². The van der Waals surface area contributed by atoms with Crippen LogP contribution in [0.1, 0.15) is 216 Å². The third kappa shape index (κ3) is 36.0. The van der Waals surface area contributed by atoms with Gasteiger partial charge in [-0.1, -0.05) is 171 Å². The quantitative estimate of drug-likeness (QED) is 0.0296. The van der Waals surface area contributed by atoms with E-state index in [0.717, 1.165) is 45.3 Å². The van der Waals surface area contributed by atoms with Gasteiger partial charge in [0.1, 0.15) is 12.7 Å². The molecular formula is C46H90O6. The molecule has 0 aliphatic rings. The number of hydrogen-bond acceptors (Lipinski definition) is 6. The summed E-state index contributed by atoms with van der Waals surface area (Å²) in [6.45, 7) is 23.6. The maximum absolute atomic E-state index is 11.6. The van der Waals surface area contributed by atoms with Crippen LogP contribution in [0.4, 0.5) is 0 Å². The van der Waals surface area contributed by atoms with Crippen LogP contribution < -0.4 is 0 Å². The molecule has 0 spiro atoms. The fraction of sp³-hybridized carbons (Fsp3) is 0.935. The third-order valence-corrected chi connectivity index (χ3v) is 9.95. The van der Waals surface area contributed by atoms with Gasteiger partial charge in [0.25, 0.3) is 0 Å². The zero-order valence-corrected chi connectivity index (χ0v) is 36.1. The Kier molecular flexibility index (Phi) is 32.8. The van der Waals surface area contributed by atoms with Crippen molar-refractivity contribution in [3.63, 3.8) is 0 Å². The van der Waals surface area contributed by atoms with E-state index < -0.39 is 12.1 Å². The number of esters is 1. The molecule has 0 aliphatic carbocycles. The Bertz CT molecular complexity index is 779. The summed E-state index contributed by atoms with van der Waals surface area (Å²) < 4.78 is 24.0. The summed E-state index contributed by atoms with van der Waals surface area (Å²) in [7, 11) is 0. The van der Waals surface area contributed by atoms with Gasteiger partial charge in [0.15, 0.2) is 6.29 Å². The van der Waals surface area contributed by atoms with Crippen LogP contribution in [-0.2, 0) is 23.7 Å². The van der Waals surface area contributed by atoms with E-state index in [1.54, 1.807) is 6.92 Å². The van der Waals surface area contributed by atoms with Crippen molar-refractivity contribution in [2.45, 2.75) is 228 Å². The molecule has 0 bridgehead atoms. The monoisotopic (exact) mass is 739 g/mol. The SMILES string of the molecule is C=C(C)C(=O)OCC(O)COCCCC(CCCCCCCC)C(OCCCCCCCCCC(C)(C)C)OCCCCCCCCCC(C)(C)C. The first kappa shape index (κ1) is 51.0. The van der Waals surface area contributed by atoms with Crippen LogP contribution in [0, 0.1) is 16.7 Å². The van der Waals surface area contributed by atoms with Crippen LogP contribution in [0.25, 0.3) is 0 Å². The molecule has 0 amide bonds. The van der Waals surface area contributed by atoms with E-state index in [0.29, 0.717) is 28.9 Å². The van der Waals surface area contributed by atoms with Crippen molar-refractivity contribution in [2.24, 2.45) is 16.7 Å². The van der Waals surface area contributed by atoms with E-state index in [9.17, 15) is 9.90 Å². The van der Waals surface area contributed by atoms with E-state index >= 15 is 0 Å². The number of ether oxygens (including phenoxy) is 4. The van der Waals surface area contributed by atoms with Crippen molar-refractivity contribution >= 4 is 5.97 Å². The lowest BCUT2D eigenvalue weighted by Gasteiger charge is -2.28. The minimum absolute atomic E-state index is 0.0789. The fourth-order valence-corrected chi connectivity index (χ4v) is 6.62. The number of carbonyl (C=O) groups excluding carboxylic acids is 1. The summed E-state index contributed by atoms with van der Waals surface area (Å²) in [6.07, 6.45) is 30.2. The number of rotatable bonds is 37. The molecule has 310 valence electrons. The highest BCUT2D eigenvalue weighted by molar-refractivity contribution is 5.86. The molecule has 0 saturated carbocycles. The molecule has 0 heterocycles. The van der Waals surface area contributed by atoms with Gasteiger partial charge in [0, 0.05) is 31.3 Å². The summed E-state index contributed by atoms with van der Waals surface area (Å²) in [5.41, 5.74) is 1.23. The summed E-state index contributed by atoms with van der Waals surface area (Å²) >= 11 is 0. The molecule has 2 unspecified atom stereocenters. The third-order valence-electron chi connectivity index (χ3n) is 9.95. The van der Waals surface area contributed by atoms with Crippen molar-refractivity contribution in [2.75, 3.05) is 33.0 Å². The van der Waals surface area contributed by atoms with Gasteiger partial charge >= 0.3 is 5.97 Å². The predicted octanol–water partition coefficient (Wildman–Crippen LogP) is 13.3. The molecule has 0 fully saturated rings. The average Bonchev–Trinajstić information content (AvgIpc) is 3.07. The zero-order chi connectivity index (χ0) is 38.9. The number of aliphatic hydroxyl groups is 1. The molecule has 0 aliphatic heterocycles. The minimum Gasteiger partial charge on any atom is -0.460 e. The highest BCUT2D eigenvalue weighted by atomic mass is 16.7. The molecule has 52 heavy (non-hydrogen) atoms.